The van der Waals surface area contributed by atoms with Crippen molar-refractivity contribution in [2.24, 2.45) is 0 Å². The zero-order valence-corrected chi connectivity index (χ0v) is 21.5. The lowest BCUT2D eigenvalue weighted by Gasteiger charge is -2.19. The van der Waals surface area contributed by atoms with Crippen molar-refractivity contribution in [2.75, 3.05) is 12.4 Å². The lowest BCUT2D eigenvalue weighted by molar-refractivity contribution is -0.125. The summed E-state index contributed by atoms with van der Waals surface area (Å²) >= 11 is 0. The van der Waals surface area contributed by atoms with E-state index in [2.05, 4.69) is 10.0 Å². The first-order chi connectivity index (χ1) is 18.3. The molecule has 0 fully saturated rings. The number of anilines is 1. The van der Waals surface area contributed by atoms with Gasteiger partial charge >= 0.3 is 5.97 Å². The predicted molar refractivity (Wildman–Crippen MR) is 140 cm³/mol. The highest BCUT2D eigenvalue weighted by molar-refractivity contribution is 7.89. The third-order valence-electron chi connectivity index (χ3n) is 5.60. The molecule has 4 rings (SSSR count). The number of nitrogens with one attached hydrogen (secondary N) is 2. The second kappa shape index (κ2) is 11.8. The fourth-order valence-corrected chi connectivity index (χ4v) is 4.62. The summed E-state index contributed by atoms with van der Waals surface area (Å²) in [5.74, 6) is -0.450. The minimum absolute atomic E-state index is 0.0152. The number of aryl methyl sites for hydroxylation is 1. The maximum Gasteiger partial charge on any atom is 0.339 e. The molecule has 0 spiro atoms. The summed E-state index contributed by atoms with van der Waals surface area (Å²) in [5, 5.41) is 2.78. The van der Waals surface area contributed by atoms with Crippen molar-refractivity contribution < 1.29 is 31.9 Å². The molecule has 2 N–H and O–H groups in total. The van der Waals surface area contributed by atoms with Crippen LogP contribution >= 0.6 is 0 Å². The van der Waals surface area contributed by atoms with Crippen molar-refractivity contribution in [3.63, 3.8) is 0 Å². The normalized spacial score (nSPS) is 11.9. The Hall–Kier alpha value is -4.41. The smallest absolute Gasteiger partial charge is 0.339 e. The molecule has 1 heterocycles. The van der Waals surface area contributed by atoms with Gasteiger partial charge in [-0.3, -0.25) is 4.79 Å². The topological polar surface area (TPSA) is 124 Å². The van der Waals surface area contributed by atoms with Gasteiger partial charge in [0.15, 0.2) is 0 Å². The summed E-state index contributed by atoms with van der Waals surface area (Å²) in [4.78, 5) is 26.2. The van der Waals surface area contributed by atoms with Crippen molar-refractivity contribution in [3.8, 4) is 5.75 Å². The number of carbonyl (C=O) groups is 2. The zero-order valence-electron chi connectivity index (χ0n) is 20.7. The summed E-state index contributed by atoms with van der Waals surface area (Å²) in [6, 6.07) is 22.4. The number of methoxy groups -OCH3 is 1. The standard InChI is InChI=1S/C28H26N2O7S/c1-19-10-15-25(35-2)24(17-19)30-27(31)26(20-7-4-3-5-8-20)37-28(32)21-11-13-23(14-12-21)38(33,34)29-18-22-9-6-16-36-22/h3-17,26,29H,18H2,1-2H3,(H,30,31)/t26-/m0/s1. The van der Waals surface area contributed by atoms with Gasteiger partial charge in [0.05, 0.1) is 36.1 Å². The molecule has 1 aromatic heterocycles. The molecule has 1 atom stereocenters. The Morgan fingerprint density at radius 1 is 0.947 bits per heavy atom. The zero-order chi connectivity index (χ0) is 27.1. The Morgan fingerprint density at radius 2 is 1.68 bits per heavy atom. The van der Waals surface area contributed by atoms with Gasteiger partial charge in [0.2, 0.25) is 16.1 Å². The maximum atomic E-state index is 13.3. The van der Waals surface area contributed by atoms with Crippen LogP contribution in [0, 0.1) is 6.92 Å². The molecule has 0 saturated carbocycles. The molecule has 4 aromatic rings. The molecule has 0 saturated heterocycles. The average molecular weight is 535 g/mol. The molecule has 10 heteroatoms. The van der Waals surface area contributed by atoms with Gasteiger partial charge in [-0.05, 0) is 61.0 Å². The molecule has 38 heavy (non-hydrogen) atoms. The number of rotatable bonds is 10. The Morgan fingerprint density at radius 3 is 2.34 bits per heavy atom. The van der Waals surface area contributed by atoms with E-state index in [-0.39, 0.29) is 17.0 Å². The molecular weight excluding hydrogens is 508 g/mol. The number of carbonyl (C=O) groups excluding carboxylic acids is 2. The lowest BCUT2D eigenvalue weighted by atomic mass is 10.1. The first kappa shape index (κ1) is 26.6. The van der Waals surface area contributed by atoms with E-state index in [0.717, 1.165) is 5.56 Å². The minimum Gasteiger partial charge on any atom is -0.495 e. The van der Waals surface area contributed by atoms with Gasteiger partial charge in [0.25, 0.3) is 5.91 Å². The molecule has 1 amide bonds. The van der Waals surface area contributed by atoms with Crippen molar-refractivity contribution >= 4 is 27.6 Å². The summed E-state index contributed by atoms with van der Waals surface area (Å²) in [7, 11) is -2.35. The van der Waals surface area contributed by atoms with Gasteiger partial charge < -0.3 is 19.2 Å². The maximum absolute atomic E-state index is 13.3. The van der Waals surface area contributed by atoms with Crippen LogP contribution in [-0.4, -0.2) is 27.4 Å². The number of ether oxygens (including phenoxy) is 2. The van der Waals surface area contributed by atoms with E-state index in [1.165, 1.54) is 37.6 Å². The van der Waals surface area contributed by atoms with Crippen LogP contribution in [0.3, 0.4) is 0 Å². The van der Waals surface area contributed by atoms with Gasteiger partial charge in [0, 0.05) is 5.56 Å². The van der Waals surface area contributed by atoms with Crippen LogP contribution in [0.4, 0.5) is 5.69 Å². The van der Waals surface area contributed by atoms with E-state index in [1.807, 2.05) is 13.0 Å². The van der Waals surface area contributed by atoms with Crippen molar-refractivity contribution in [1.82, 2.24) is 4.72 Å². The SMILES string of the molecule is COc1ccc(C)cc1NC(=O)[C@@H](OC(=O)c1ccc(S(=O)(=O)NCc2ccco2)cc1)c1ccccc1. The number of hydrogen-bond donors (Lipinski definition) is 2. The molecule has 0 radical (unpaired) electrons. The molecule has 0 bridgehead atoms. The number of furan rings is 1. The highest BCUT2D eigenvalue weighted by atomic mass is 32.2. The van der Waals surface area contributed by atoms with Crippen LogP contribution in [0.1, 0.15) is 33.3 Å². The van der Waals surface area contributed by atoms with E-state index in [4.69, 9.17) is 13.9 Å². The van der Waals surface area contributed by atoms with Gasteiger partial charge in [-0.2, -0.15) is 0 Å². The molecule has 0 aliphatic carbocycles. The van der Waals surface area contributed by atoms with Crippen LogP contribution in [0.2, 0.25) is 0 Å². The molecule has 9 nitrogen and oxygen atoms in total. The first-order valence-corrected chi connectivity index (χ1v) is 13.1. The van der Waals surface area contributed by atoms with Crippen molar-refractivity contribution in [2.45, 2.75) is 24.5 Å². The fraction of sp³-hybridized carbons (Fsp3) is 0.143. The van der Waals surface area contributed by atoms with Crippen LogP contribution in [0.5, 0.6) is 5.75 Å². The summed E-state index contributed by atoms with van der Waals surface area (Å²) in [6.07, 6.45) is 0.178. The summed E-state index contributed by atoms with van der Waals surface area (Å²) in [5.41, 5.74) is 1.89. The average Bonchev–Trinajstić information content (AvgIpc) is 3.45. The third-order valence-corrected chi connectivity index (χ3v) is 7.01. The Balaban J connectivity index is 1.51. The van der Waals surface area contributed by atoms with E-state index < -0.39 is 28.0 Å². The van der Waals surface area contributed by atoms with Gasteiger partial charge in [-0.25, -0.2) is 17.9 Å². The molecule has 0 aliphatic rings. The fourth-order valence-electron chi connectivity index (χ4n) is 3.63. The summed E-state index contributed by atoms with van der Waals surface area (Å²) < 4.78 is 43.7. The van der Waals surface area contributed by atoms with Crippen LogP contribution in [0.15, 0.2) is 101 Å². The van der Waals surface area contributed by atoms with E-state index in [9.17, 15) is 18.0 Å². The van der Waals surface area contributed by atoms with Crippen LogP contribution < -0.4 is 14.8 Å². The van der Waals surface area contributed by atoms with Gasteiger partial charge in [-0.1, -0.05) is 36.4 Å². The Kier molecular flexibility index (Phi) is 8.25. The highest BCUT2D eigenvalue weighted by Gasteiger charge is 2.27. The van der Waals surface area contributed by atoms with E-state index >= 15 is 0 Å². The van der Waals surface area contributed by atoms with Crippen LogP contribution in [-0.2, 0) is 26.1 Å². The number of amides is 1. The Bertz CT molecular complexity index is 1500. The van der Waals surface area contributed by atoms with E-state index in [1.54, 1.807) is 54.6 Å². The predicted octanol–water partition coefficient (Wildman–Crippen LogP) is 4.61. The molecule has 196 valence electrons. The van der Waals surface area contributed by atoms with E-state index in [0.29, 0.717) is 22.8 Å². The second-order valence-corrected chi connectivity index (χ2v) is 10.1. The Labute approximate surface area is 220 Å². The van der Waals surface area contributed by atoms with Crippen LogP contribution in [0.25, 0.3) is 0 Å². The first-order valence-electron chi connectivity index (χ1n) is 11.6. The second-order valence-electron chi connectivity index (χ2n) is 8.32. The molecule has 0 aliphatic heterocycles. The third kappa shape index (κ3) is 6.47. The minimum atomic E-state index is -3.84. The molecule has 0 unspecified atom stereocenters. The largest absolute Gasteiger partial charge is 0.495 e. The molecule has 3 aromatic carbocycles. The number of benzene rings is 3. The van der Waals surface area contributed by atoms with Crippen molar-refractivity contribution in [1.29, 1.82) is 0 Å². The quantitative estimate of drug-likeness (QED) is 0.285. The number of sulfonamides is 1. The highest BCUT2D eigenvalue weighted by Crippen LogP contribution is 2.28. The van der Waals surface area contributed by atoms with Crippen molar-refractivity contribution in [3.05, 3.63) is 114 Å². The number of hydrogen-bond acceptors (Lipinski definition) is 7. The summed E-state index contributed by atoms with van der Waals surface area (Å²) in [6.45, 7) is 1.86. The number of esters is 1. The monoisotopic (exact) mass is 534 g/mol. The lowest BCUT2D eigenvalue weighted by Crippen LogP contribution is -2.26. The van der Waals surface area contributed by atoms with Gasteiger partial charge in [-0.15, -0.1) is 0 Å². The molecular formula is C28H26N2O7S. The van der Waals surface area contributed by atoms with Gasteiger partial charge in [0.1, 0.15) is 11.5 Å².